The SMILES string of the molecule is CCN(CCOC)S(=O)(=O)c1ccc([N+](=O)[O-])cc1NC. The maximum Gasteiger partial charge on any atom is 0.271 e. The normalized spacial score (nSPS) is 11.6. The first-order valence-electron chi connectivity index (χ1n) is 6.33. The second-order valence-electron chi connectivity index (χ2n) is 4.18. The van der Waals surface area contributed by atoms with Crippen LogP contribution in [0.5, 0.6) is 0 Å². The lowest BCUT2D eigenvalue weighted by Crippen LogP contribution is -2.34. The minimum absolute atomic E-state index is 0.00792. The van der Waals surface area contributed by atoms with Crippen molar-refractivity contribution in [1.29, 1.82) is 0 Å². The van der Waals surface area contributed by atoms with E-state index in [1.54, 1.807) is 6.92 Å². The number of ether oxygens (including phenoxy) is 1. The van der Waals surface area contributed by atoms with Crippen molar-refractivity contribution >= 4 is 21.4 Å². The van der Waals surface area contributed by atoms with Crippen LogP contribution in [0.25, 0.3) is 0 Å². The molecule has 0 amide bonds. The van der Waals surface area contributed by atoms with Crippen molar-refractivity contribution in [3.8, 4) is 0 Å². The average Bonchev–Trinajstić information content (AvgIpc) is 2.46. The fourth-order valence-corrected chi connectivity index (χ4v) is 3.44. The van der Waals surface area contributed by atoms with Gasteiger partial charge in [-0.15, -0.1) is 0 Å². The molecule has 0 aliphatic carbocycles. The van der Waals surface area contributed by atoms with Gasteiger partial charge < -0.3 is 10.1 Å². The third-order valence-corrected chi connectivity index (χ3v) is 4.99. The van der Waals surface area contributed by atoms with Crippen molar-refractivity contribution in [2.45, 2.75) is 11.8 Å². The van der Waals surface area contributed by atoms with E-state index in [9.17, 15) is 18.5 Å². The Bertz CT molecular complexity index is 603. The first-order chi connectivity index (χ1) is 9.88. The number of hydrogen-bond donors (Lipinski definition) is 1. The predicted octanol–water partition coefficient (Wildman–Crippen LogP) is 1.29. The fraction of sp³-hybridized carbons (Fsp3) is 0.500. The highest BCUT2D eigenvalue weighted by molar-refractivity contribution is 7.89. The molecule has 1 rings (SSSR count). The molecule has 0 aliphatic heterocycles. The molecule has 0 atom stereocenters. The Kier molecular flexibility index (Phi) is 6.06. The largest absolute Gasteiger partial charge is 0.387 e. The summed E-state index contributed by atoms with van der Waals surface area (Å²) in [7, 11) is -0.732. The summed E-state index contributed by atoms with van der Waals surface area (Å²) in [6.07, 6.45) is 0. The van der Waals surface area contributed by atoms with Crippen LogP contribution in [0.3, 0.4) is 0 Å². The topological polar surface area (TPSA) is 102 Å². The number of nitro benzene ring substituents is 1. The maximum absolute atomic E-state index is 12.6. The fourth-order valence-electron chi connectivity index (χ4n) is 1.83. The number of hydrogen-bond acceptors (Lipinski definition) is 6. The van der Waals surface area contributed by atoms with Gasteiger partial charge in [0, 0.05) is 39.4 Å². The molecule has 0 heterocycles. The standard InChI is InChI=1S/C12H19N3O5S/c1-4-14(7-8-20-3)21(18,19)12-6-5-10(15(16)17)9-11(12)13-2/h5-6,9,13H,4,7-8H2,1-3H3. The molecule has 9 heteroatoms. The summed E-state index contributed by atoms with van der Waals surface area (Å²) in [4.78, 5) is 10.2. The first kappa shape index (κ1) is 17.3. The van der Waals surface area contributed by atoms with Crippen molar-refractivity contribution in [2.75, 3.05) is 39.2 Å². The summed E-state index contributed by atoms with van der Waals surface area (Å²) in [6, 6.07) is 3.63. The van der Waals surface area contributed by atoms with Crippen LogP contribution >= 0.6 is 0 Å². The van der Waals surface area contributed by atoms with Gasteiger partial charge in [-0.2, -0.15) is 4.31 Å². The van der Waals surface area contributed by atoms with Gasteiger partial charge in [-0.05, 0) is 6.07 Å². The van der Waals surface area contributed by atoms with E-state index >= 15 is 0 Å². The minimum Gasteiger partial charge on any atom is -0.387 e. The van der Waals surface area contributed by atoms with E-state index in [0.717, 1.165) is 0 Å². The second-order valence-corrected chi connectivity index (χ2v) is 6.08. The monoisotopic (exact) mass is 317 g/mol. The van der Waals surface area contributed by atoms with E-state index in [4.69, 9.17) is 4.74 Å². The predicted molar refractivity (Wildman–Crippen MR) is 79.0 cm³/mol. The third-order valence-electron chi connectivity index (χ3n) is 2.96. The lowest BCUT2D eigenvalue weighted by Gasteiger charge is -2.21. The van der Waals surface area contributed by atoms with Crippen LogP contribution in [0.4, 0.5) is 11.4 Å². The van der Waals surface area contributed by atoms with E-state index in [0.29, 0.717) is 0 Å². The molecule has 118 valence electrons. The number of nitro groups is 1. The number of nitrogens with one attached hydrogen (secondary N) is 1. The number of non-ortho nitro benzene ring substituents is 1. The number of benzene rings is 1. The molecule has 0 saturated carbocycles. The van der Waals surface area contributed by atoms with Crippen LogP contribution < -0.4 is 5.32 Å². The van der Waals surface area contributed by atoms with Gasteiger partial charge >= 0.3 is 0 Å². The molecule has 0 fully saturated rings. The molecular formula is C12H19N3O5S. The molecule has 0 unspecified atom stereocenters. The molecular weight excluding hydrogens is 298 g/mol. The van der Waals surface area contributed by atoms with Crippen molar-refractivity contribution in [1.82, 2.24) is 4.31 Å². The van der Waals surface area contributed by atoms with Crippen molar-refractivity contribution in [3.63, 3.8) is 0 Å². The van der Waals surface area contributed by atoms with Gasteiger partial charge in [0.05, 0.1) is 17.2 Å². The van der Waals surface area contributed by atoms with Crippen molar-refractivity contribution in [3.05, 3.63) is 28.3 Å². The summed E-state index contributed by atoms with van der Waals surface area (Å²) >= 11 is 0. The number of rotatable bonds is 8. The number of anilines is 1. The number of sulfonamides is 1. The van der Waals surface area contributed by atoms with Crippen LogP contribution in [0.1, 0.15) is 6.92 Å². The Balaban J connectivity index is 3.26. The van der Waals surface area contributed by atoms with Gasteiger partial charge in [-0.3, -0.25) is 10.1 Å². The number of nitrogens with zero attached hydrogens (tertiary/aromatic N) is 2. The molecule has 0 bridgehead atoms. The second kappa shape index (κ2) is 7.34. The van der Waals surface area contributed by atoms with Gasteiger partial charge in [0.1, 0.15) is 4.90 Å². The Hall–Kier alpha value is -1.71. The Morgan fingerprint density at radius 1 is 1.43 bits per heavy atom. The van der Waals surface area contributed by atoms with Gasteiger partial charge in [0.2, 0.25) is 10.0 Å². The molecule has 0 saturated heterocycles. The van der Waals surface area contributed by atoms with Gasteiger partial charge in [-0.1, -0.05) is 6.92 Å². The first-order valence-corrected chi connectivity index (χ1v) is 7.77. The summed E-state index contributed by atoms with van der Waals surface area (Å²) in [6.45, 7) is 2.49. The molecule has 1 aromatic rings. The molecule has 0 radical (unpaired) electrons. The van der Waals surface area contributed by atoms with Crippen molar-refractivity contribution in [2.24, 2.45) is 0 Å². The highest BCUT2D eigenvalue weighted by Crippen LogP contribution is 2.28. The van der Waals surface area contributed by atoms with Crippen LogP contribution in [-0.2, 0) is 14.8 Å². The third kappa shape index (κ3) is 3.90. The van der Waals surface area contributed by atoms with E-state index in [-0.39, 0.29) is 36.0 Å². The lowest BCUT2D eigenvalue weighted by atomic mass is 10.3. The quantitative estimate of drug-likeness (QED) is 0.572. The van der Waals surface area contributed by atoms with Crippen LogP contribution in [0, 0.1) is 10.1 Å². The molecule has 8 nitrogen and oxygen atoms in total. The highest BCUT2D eigenvalue weighted by atomic mass is 32.2. The zero-order valence-electron chi connectivity index (χ0n) is 12.2. The van der Waals surface area contributed by atoms with Gasteiger partial charge in [0.15, 0.2) is 0 Å². The summed E-state index contributed by atoms with van der Waals surface area (Å²) in [5.74, 6) is 0. The Morgan fingerprint density at radius 3 is 2.57 bits per heavy atom. The van der Waals surface area contributed by atoms with E-state index in [1.807, 2.05) is 0 Å². The summed E-state index contributed by atoms with van der Waals surface area (Å²) < 4.78 is 31.3. The molecule has 0 aromatic heterocycles. The average molecular weight is 317 g/mol. The molecule has 21 heavy (non-hydrogen) atoms. The number of likely N-dealkylation sites (N-methyl/N-ethyl adjacent to an activating group) is 1. The minimum atomic E-state index is -3.74. The van der Waals surface area contributed by atoms with Crippen molar-refractivity contribution < 1.29 is 18.1 Å². The Morgan fingerprint density at radius 2 is 2.10 bits per heavy atom. The zero-order chi connectivity index (χ0) is 16.0. The molecule has 1 N–H and O–H groups in total. The maximum atomic E-state index is 12.6. The zero-order valence-corrected chi connectivity index (χ0v) is 13.0. The van der Waals surface area contributed by atoms with E-state index in [2.05, 4.69) is 5.32 Å². The van der Waals surface area contributed by atoms with E-state index < -0.39 is 14.9 Å². The molecule has 0 aliphatic rings. The summed E-state index contributed by atoms with van der Waals surface area (Å²) in [5, 5.41) is 13.5. The lowest BCUT2D eigenvalue weighted by molar-refractivity contribution is -0.384. The Labute approximate surface area is 123 Å². The van der Waals surface area contributed by atoms with Crippen LogP contribution in [-0.4, -0.2) is 51.5 Å². The number of methoxy groups -OCH3 is 1. The highest BCUT2D eigenvalue weighted by Gasteiger charge is 2.26. The van der Waals surface area contributed by atoms with Crippen LogP contribution in [0.2, 0.25) is 0 Å². The summed E-state index contributed by atoms with van der Waals surface area (Å²) in [5.41, 5.74) is 0.0262. The smallest absolute Gasteiger partial charge is 0.271 e. The van der Waals surface area contributed by atoms with Crippen LogP contribution in [0.15, 0.2) is 23.1 Å². The molecule has 0 spiro atoms. The molecule has 1 aromatic carbocycles. The van der Waals surface area contributed by atoms with E-state index in [1.165, 1.54) is 36.7 Å². The van der Waals surface area contributed by atoms with Gasteiger partial charge in [-0.25, -0.2) is 8.42 Å². The van der Waals surface area contributed by atoms with Gasteiger partial charge in [0.25, 0.3) is 5.69 Å².